The van der Waals surface area contributed by atoms with Crippen molar-refractivity contribution in [2.45, 2.75) is 93.2 Å². The Morgan fingerprint density at radius 3 is 1.86 bits per heavy atom. The summed E-state index contributed by atoms with van der Waals surface area (Å²) in [4.78, 5) is 15.6. The highest BCUT2D eigenvalue weighted by Gasteiger charge is 2.65. The Kier molecular flexibility index (Phi) is 9.74. The van der Waals surface area contributed by atoms with E-state index in [1.165, 1.54) is 25.7 Å². The molecular weight excluding hydrogens is 577 g/mol. The molecule has 5 nitrogen and oxygen atoms in total. The monoisotopic (exact) mass is 622 g/mol. The maximum absolute atomic E-state index is 14.3. The molecule has 0 aromatic heterocycles. The third-order valence-electron chi connectivity index (χ3n) is 9.84. The smallest absolute Gasteiger partial charge is 0.278 e. The van der Waals surface area contributed by atoms with Gasteiger partial charge in [-0.25, -0.2) is 3.63 Å². The molecule has 0 amide bonds. The first kappa shape index (κ1) is 31.8. The number of Topliss-reactive ketones (excluding diaryl/α,β-unsaturated/α-hetero) is 1. The van der Waals surface area contributed by atoms with Gasteiger partial charge in [0.2, 0.25) is 0 Å². The molecule has 0 spiro atoms. The fourth-order valence-electron chi connectivity index (χ4n) is 7.14. The van der Waals surface area contributed by atoms with Crippen LogP contribution in [-0.4, -0.2) is 26.6 Å². The first-order valence-electron chi connectivity index (χ1n) is 15.8. The summed E-state index contributed by atoms with van der Waals surface area (Å²) < 4.78 is 41.2. The third-order valence-corrected chi connectivity index (χ3v) is 15.1. The van der Waals surface area contributed by atoms with Crippen molar-refractivity contribution in [1.82, 2.24) is 0 Å². The van der Waals surface area contributed by atoms with Gasteiger partial charge in [0, 0.05) is 21.1 Å². The highest BCUT2D eigenvalue weighted by atomic mass is 32.3. The van der Waals surface area contributed by atoms with Gasteiger partial charge in [0.05, 0.1) is 17.8 Å². The number of ketones is 1. The first-order chi connectivity index (χ1) is 20.6. The highest BCUT2D eigenvalue weighted by molar-refractivity contribution is 8.33. The Bertz CT molecular complexity index is 1430. The predicted molar refractivity (Wildman–Crippen MR) is 174 cm³/mol. The van der Waals surface area contributed by atoms with E-state index in [1.807, 2.05) is 84.9 Å². The molecule has 2 aliphatic rings. The van der Waals surface area contributed by atoms with Gasteiger partial charge in [-0.3, -0.25) is 4.79 Å². The third kappa shape index (κ3) is 6.31. The largest absolute Gasteiger partial charge is 0.494 e. The summed E-state index contributed by atoms with van der Waals surface area (Å²) in [6.45, 7) is 6.99. The normalized spacial score (nSPS) is 21.7. The minimum absolute atomic E-state index is 0.0628. The van der Waals surface area contributed by atoms with Crippen molar-refractivity contribution in [2.75, 3.05) is 12.4 Å². The molecule has 0 radical (unpaired) electrons. The van der Waals surface area contributed by atoms with Crippen LogP contribution in [0.4, 0.5) is 0 Å². The topological polar surface area (TPSA) is 69.7 Å². The van der Waals surface area contributed by atoms with Crippen LogP contribution in [0.3, 0.4) is 0 Å². The van der Waals surface area contributed by atoms with E-state index in [0.29, 0.717) is 19.4 Å². The van der Waals surface area contributed by atoms with E-state index in [1.54, 1.807) is 0 Å². The Morgan fingerprint density at radius 2 is 1.33 bits per heavy atom. The van der Waals surface area contributed by atoms with E-state index in [2.05, 4.69) is 20.8 Å². The van der Waals surface area contributed by atoms with Crippen LogP contribution in [0.5, 0.6) is 5.75 Å². The SMILES string of the molecule is CCCCCCCCOc1ccc(S(OS(=O)(=O)CC23CCC(CC2=O)C3(C)C)(c2ccccc2)c2ccccc2)cc1. The van der Waals surface area contributed by atoms with Gasteiger partial charge in [-0.05, 0) is 89.4 Å². The van der Waals surface area contributed by atoms with Crippen molar-refractivity contribution in [1.29, 1.82) is 0 Å². The number of fused-ring (bicyclic) bond motifs is 2. The number of unbranched alkanes of at least 4 members (excludes halogenated alkanes) is 5. The van der Waals surface area contributed by atoms with Gasteiger partial charge < -0.3 is 4.74 Å². The molecule has 3 aromatic carbocycles. The van der Waals surface area contributed by atoms with Gasteiger partial charge in [-0.2, -0.15) is 8.42 Å². The summed E-state index contributed by atoms with van der Waals surface area (Å²) in [5, 5.41) is 0. The molecule has 2 bridgehead atoms. The quantitative estimate of drug-likeness (QED) is 0.158. The van der Waals surface area contributed by atoms with Crippen molar-refractivity contribution in [3.8, 4) is 5.75 Å². The van der Waals surface area contributed by atoms with Crippen LogP contribution in [0.2, 0.25) is 0 Å². The van der Waals surface area contributed by atoms with Gasteiger partial charge in [0.25, 0.3) is 10.1 Å². The number of hydrogen-bond acceptors (Lipinski definition) is 5. The zero-order chi connectivity index (χ0) is 30.6. The van der Waals surface area contributed by atoms with E-state index in [0.717, 1.165) is 39.7 Å². The minimum Gasteiger partial charge on any atom is -0.494 e. The number of carbonyl (C=O) groups excluding carboxylic acids is 1. The molecule has 232 valence electrons. The van der Waals surface area contributed by atoms with Gasteiger partial charge in [-0.15, -0.1) is 0 Å². The van der Waals surface area contributed by atoms with Crippen LogP contribution >= 0.6 is 10.3 Å². The van der Waals surface area contributed by atoms with Crippen LogP contribution in [0.1, 0.15) is 78.6 Å². The maximum Gasteiger partial charge on any atom is 0.278 e. The highest BCUT2D eigenvalue weighted by Crippen LogP contribution is 2.71. The fraction of sp³-hybridized carbons (Fsp3) is 0.472. The summed E-state index contributed by atoms with van der Waals surface area (Å²) in [5.41, 5.74) is -1.30. The summed E-state index contributed by atoms with van der Waals surface area (Å²) in [6, 6.07) is 27.0. The lowest BCUT2D eigenvalue weighted by Gasteiger charge is -2.41. The lowest BCUT2D eigenvalue weighted by atomic mass is 9.70. The molecule has 2 atom stereocenters. The molecule has 2 aliphatic carbocycles. The zero-order valence-electron chi connectivity index (χ0n) is 25.8. The number of rotatable bonds is 15. The molecule has 2 unspecified atom stereocenters. The van der Waals surface area contributed by atoms with E-state index in [9.17, 15) is 13.2 Å². The number of hydrogen-bond donors (Lipinski definition) is 0. The second-order valence-electron chi connectivity index (χ2n) is 12.7. The van der Waals surface area contributed by atoms with Crippen LogP contribution < -0.4 is 4.74 Å². The Morgan fingerprint density at radius 1 is 0.767 bits per heavy atom. The van der Waals surface area contributed by atoms with Crippen molar-refractivity contribution in [3.63, 3.8) is 0 Å². The van der Waals surface area contributed by atoms with Crippen LogP contribution in [-0.2, 0) is 18.5 Å². The van der Waals surface area contributed by atoms with E-state index in [-0.39, 0.29) is 22.9 Å². The second kappa shape index (κ2) is 13.2. The number of ether oxygens (including phenoxy) is 1. The fourth-order valence-corrected chi connectivity index (χ4v) is 13.2. The summed E-state index contributed by atoms with van der Waals surface area (Å²) in [5.74, 6) is 0.743. The first-order valence-corrected chi connectivity index (χ1v) is 18.9. The standard InChI is InChI=1S/C36H46O5S2/c1-4-5-6-7-8-15-26-40-30-20-22-33(23-21-30)43(31-16-11-9-12-17-31,32-18-13-10-14-19-32)41-42(38,39)28-36-25-24-29(27-34(36)37)35(36,2)3/h9-14,16-23,29H,4-8,15,24-28H2,1-3H3. The Hall–Kier alpha value is -2.61. The molecule has 43 heavy (non-hydrogen) atoms. The number of carbonyl (C=O) groups is 1. The van der Waals surface area contributed by atoms with Crippen LogP contribution in [0.15, 0.2) is 99.6 Å². The molecule has 0 heterocycles. The van der Waals surface area contributed by atoms with E-state index < -0.39 is 25.8 Å². The van der Waals surface area contributed by atoms with E-state index in [4.69, 9.17) is 8.37 Å². The molecule has 5 rings (SSSR count). The van der Waals surface area contributed by atoms with Crippen molar-refractivity contribution in [3.05, 3.63) is 84.9 Å². The van der Waals surface area contributed by atoms with Crippen molar-refractivity contribution < 1.29 is 21.6 Å². The van der Waals surface area contributed by atoms with Crippen molar-refractivity contribution in [2.24, 2.45) is 16.7 Å². The van der Waals surface area contributed by atoms with Crippen molar-refractivity contribution >= 4 is 26.2 Å². The summed E-state index contributed by atoms with van der Waals surface area (Å²) >= 11 is 0. The van der Waals surface area contributed by atoms with E-state index >= 15 is 0 Å². The lowest BCUT2D eigenvalue weighted by Crippen LogP contribution is -2.42. The molecular formula is C36H46O5S2. The van der Waals surface area contributed by atoms with Gasteiger partial charge in [0.15, 0.2) is 0 Å². The average Bonchev–Trinajstić information content (AvgIpc) is 3.35. The van der Waals surface area contributed by atoms with Crippen LogP contribution in [0.25, 0.3) is 0 Å². The second-order valence-corrected chi connectivity index (χ2v) is 17.2. The molecule has 2 fully saturated rings. The zero-order valence-corrected chi connectivity index (χ0v) is 27.4. The summed E-state index contributed by atoms with van der Waals surface area (Å²) in [7, 11) is -6.89. The predicted octanol–water partition coefficient (Wildman–Crippen LogP) is 9.36. The van der Waals surface area contributed by atoms with Gasteiger partial charge in [0.1, 0.15) is 11.5 Å². The molecule has 2 saturated carbocycles. The molecule has 3 aromatic rings. The lowest BCUT2D eigenvalue weighted by molar-refractivity contribution is -0.128. The average molecular weight is 623 g/mol. The number of benzene rings is 3. The molecule has 7 heteroatoms. The maximum atomic E-state index is 14.3. The molecule has 0 saturated heterocycles. The van der Waals surface area contributed by atoms with Gasteiger partial charge >= 0.3 is 0 Å². The molecule has 0 aliphatic heterocycles. The van der Waals surface area contributed by atoms with Gasteiger partial charge in [-0.1, -0.05) is 89.3 Å². The minimum atomic E-state index is -4.17. The summed E-state index contributed by atoms with van der Waals surface area (Å²) in [6.07, 6.45) is 9.10. The molecule has 0 N–H and O–H groups in total. The Labute approximate surface area is 260 Å². The van der Waals surface area contributed by atoms with Crippen LogP contribution in [0, 0.1) is 16.7 Å². The Balaban J connectivity index is 1.48.